The molecule has 1 heterocycles. The highest BCUT2D eigenvalue weighted by Gasteiger charge is 2.44. The minimum atomic E-state index is -0.942. The van der Waals surface area contributed by atoms with Crippen molar-refractivity contribution in [3.8, 4) is 0 Å². The Balaban J connectivity index is 1.52. The summed E-state index contributed by atoms with van der Waals surface area (Å²) in [6, 6.07) is 10.8. The highest BCUT2D eigenvalue weighted by atomic mass is 32.1. The second-order valence-corrected chi connectivity index (χ2v) is 6.94. The quantitative estimate of drug-likeness (QED) is 0.890. The molecule has 4 nitrogen and oxygen atoms in total. The Hall–Kier alpha value is -2.14. The molecule has 1 aliphatic carbocycles. The number of hydrogen-bond acceptors (Lipinski definition) is 3. The second-order valence-electron chi connectivity index (χ2n) is 5.62. The zero-order chi connectivity index (χ0) is 15.7. The Kier molecular flexibility index (Phi) is 3.98. The molecule has 1 aromatic carbocycles. The van der Waals surface area contributed by atoms with Crippen molar-refractivity contribution >= 4 is 23.2 Å². The molecular weight excluding hydrogens is 298 g/mol. The van der Waals surface area contributed by atoms with Gasteiger partial charge in [0.2, 0.25) is 5.91 Å². The number of amides is 1. The third-order valence-corrected chi connectivity index (χ3v) is 5.05. The van der Waals surface area contributed by atoms with Gasteiger partial charge in [-0.2, -0.15) is 0 Å². The number of rotatable bonds is 5. The first-order valence-electron chi connectivity index (χ1n) is 7.21. The van der Waals surface area contributed by atoms with E-state index in [1.54, 1.807) is 35.6 Å². The van der Waals surface area contributed by atoms with Gasteiger partial charge in [0.15, 0.2) is 0 Å². The summed E-state index contributed by atoms with van der Waals surface area (Å²) in [5.41, 5.74) is 1.16. The van der Waals surface area contributed by atoms with Crippen molar-refractivity contribution in [3.63, 3.8) is 0 Å². The number of thiophene rings is 1. The van der Waals surface area contributed by atoms with Crippen LogP contribution in [0.3, 0.4) is 0 Å². The Morgan fingerprint density at radius 3 is 2.55 bits per heavy atom. The van der Waals surface area contributed by atoms with Crippen molar-refractivity contribution in [2.24, 2.45) is 5.92 Å². The molecule has 114 valence electrons. The van der Waals surface area contributed by atoms with Gasteiger partial charge < -0.3 is 10.4 Å². The number of carbonyl (C=O) groups is 2. The van der Waals surface area contributed by atoms with Crippen LogP contribution in [-0.2, 0) is 11.3 Å². The molecule has 2 unspecified atom stereocenters. The van der Waals surface area contributed by atoms with E-state index < -0.39 is 5.97 Å². The summed E-state index contributed by atoms with van der Waals surface area (Å²) in [4.78, 5) is 25.5. The fourth-order valence-corrected chi connectivity index (χ4v) is 3.59. The molecule has 0 radical (unpaired) electrons. The number of benzene rings is 1. The molecule has 1 fully saturated rings. The monoisotopic (exact) mass is 315 g/mol. The van der Waals surface area contributed by atoms with Crippen molar-refractivity contribution in [2.45, 2.75) is 25.8 Å². The average Bonchev–Trinajstić information content (AvgIpc) is 3.20. The van der Waals surface area contributed by atoms with Crippen LogP contribution in [0.1, 0.15) is 38.0 Å². The molecule has 0 aliphatic heterocycles. The SMILES string of the molecule is Cc1ccc(C2CC2C(=O)NCc2ccc(C(=O)O)cc2)s1. The number of aryl methyl sites for hydroxylation is 1. The summed E-state index contributed by atoms with van der Waals surface area (Å²) >= 11 is 1.76. The summed E-state index contributed by atoms with van der Waals surface area (Å²) < 4.78 is 0. The van der Waals surface area contributed by atoms with Gasteiger partial charge in [-0.1, -0.05) is 12.1 Å². The van der Waals surface area contributed by atoms with Crippen LogP contribution in [0.25, 0.3) is 0 Å². The van der Waals surface area contributed by atoms with Gasteiger partial charge in [0.25, 0.3) is 0 Å². The van der Waals surface area contributed by atoms with E-state index in [1.165, 1.54) is 9.75 Å². The molecule has 0 bridgehead atoms. The van der Waals surface area contributed by atoms with Crippen molar-refractivity contribution in [1.82, 2.24) is 5.32 Å². The van der Waals surface area contributed by atoms with Gasteiger partial charge in [0, 0.05) is 28.1 Å². The highest BCUT2D eigenvalue weighted by molar-refractivity contribution is 7.12. The van der Waals surface area contributed by atoms with Gasteiger partial charge in [-0.15, -0.1) is 11.3 Å². The van der Waals surface area contributed by atoms with Gasteiger partial charge in [-0.3, -0.25) is 4.79 Å². The van der Waals surface area contributed by atoms with E-state index >= 15 is 0 Å². The van der Waals surface area contributed by atoms with Crippen molar-refractivity contribution < 1.29 is 14.7 Å². The third-order valence-electron chi connectivity index (χ3n) is 3.92. The summed E-state index contributed by atoms with van der Waals surface area (Å²) in [5.74, 6) is -0.412. The van der Waals surface area contributed by atoms with Crippen molar-refractivity contribution in [3.05, 3.63) is 57.3 Å². The van der Waals surface area contributed by atoms with Crippen LogP contribution in [-0.4, -0.2) is 17.0 Å². The number of carboxylic acids is 1. The van der Waals surface area contributed by atoms with E-state index in [9.17, 15) is 9.59 Å². The molecule has 0 saturated heterocycles. The van der Waals surface area contributed by atoms with Crippen molar-refractivity contribution in [1.29, 1.82) is 0 Å². The van der Waals surface area contributed by atoms with E-state index in [4.69, 9.17) is 5.11 Å². The molecule has 2 atom stereocenters. The molecule has 2 N–H and O–H groups in total. The maximum Gasteiger partial charge on any atom is 0.335 e. The summed E-state index contributed by atoms with van der Waals surface area (Å²) in [7, 11) is 0. The Morgan fingerprint density at radius 1 is 1.23 bits per heavy atom. The zero-order valence-corrected chi connectivity index (χ0v) is 13.0. The lowest BCUT2D eigenvalue weighted by molar-refractivity contribution is -0.122. The number of carbonyl (C=O) groups excluding carboxylic acids is 1. The summed E-state index contributed by atoms with van der Waals surface area (Å²) in [5, 5.41) is 11.8. The topological polar surface area (TPSA) is 66.4 Å². The van der Waals surface area contributed by atoms with Crippen LogP contribution < -0.4 is 5.32 Å². The number of hydrogen-bond donors (Lipinski definition) is 2. The van der Waals surface area contributed by atoms with E-state index in [2.05, 4.69) is 24.4 Å². The molecule has 1 aliphatic rings. The number of nitrogens with one attached hydrogen (secondary N) is 1. The molecule has 1 saturated carbocycles. The van der Waals surface area contributed by atoms with Gasteiger partial charge in [-0.25, -0.2) is 4.79 Å². The Morgan fingerprint density at radius 2 is 1.95 bits per heavy atom. The summed E-state index contributed by atoms with van der Waals surface area (Å²) in [6.45, 7) is 2.51. The molecule has 2 aromatic rings. The van der Waals surface area contributed by atoms with Crippen LogP contribution in [0.4, 0.5) is 0 Å². The fraction of sp³-hybridized carbons (Fsp3) is 0.294. The maximum absolute atomic E-state index is 12.1. The first-order chi connectivity index (χ1) is 10.5. The predicted molar refractivity (Wildman–Crippen MR) is 85.2 cm³/mol. The van der Waals surface area contributed by atoms with Crippen molar-refractivity contribution in [2.75, 3.05) is 0 Å². The van der Waals surface area contributed by atoms with E-state index in [0.29, 0.717) is 12.5 Å². The average molecular weight is 315 g/mol. The molecular formula is C17H17NO3S. The van der Waals surface area contributed by atoms with Gasteiger partial charge in [0.05, 0.1) is 5.56 Å². The van der Waals surface area contributed by atoms with Crippen LogP contribution in [0.15, 0.2) is 36.4 Å². The largest absolute Gasteiger partial charge is 0.478 e. The van der Waals surface area contributed by atoms with Gasteiger partial charge >= 0.3 is 5.97 Å². The summed E-state index contributed by atoms with van der Waals surface area (Å²) in [6.07, 6.45) is 0.920. The lowest BCUT2D eigenvalue weighted by Gasteiger charge is -2.05. The molecule has 1 aromatic heterocycles. The molecule has 22 heavy (non-hydrogen) atoms. The number of aromatic carboxylic acids is 1. The Bertz CT molecular complexity index is 705. The molecule has 3 rings (SSSR count). The van der Waals surface area contributed by atoms with Gasteiger partial charge in [0.1, 0.15) is 0 Å². The van der Waals surface area contributed by atoms with Crippen LogP contribution >= 0.6 is 11.3 Å². The van der Waals surface area contributed by atoms with Crippen LogP contribution in [0.2, 0.25) is 0 Å². The normalized spacial score (nSPS) is 19.7. The number of carboxylic acid groups (broad SMARTS) is 1. The fourth-order valence-electron chi connectivity index (χ4n) is 2.54. The predicted octanol–water partition coefficient (Wildman–Crippen LogP) is 3.17. The van der Waals surface area contributed by atoms with E-state index in [1.807, 2.05) is 0 Å². The smallest absolute Gasteiger partial charge is 0.335 e. The zero-order valence-electron chi connectivity index (χ0n) is 12.2. The first kappa shape index (κ1) is 14.8. The van der Waals surface area contributed by atoms with Gasteiger partial charge in [-0.05, 0) is 43.2 Å². The minimum Gasteiger partial charge on any atom is -0.478 e. The lowest BCUT2D eigenvalue weighted by atomic mass is 10.1. The molecule has 0 spiro atoms. The van der Waals surface area contributed by atoms with Crippen LogP contribution in [0.5, 0.6) is 0 Å². The lowest BCUT2D eigenvalue weighted by Crippen LogP contribution is -2.24. The first-order valence-corrected chi connectivity index (χ1v) is 8.02. The second kappa shape index (κ2) is 5.93. The molecule has 1 amide bonds. The maximum atomic E-state index is 12.1. The van der Waals surface area contributed by atoms with E-state index in [-0.39, 0.29) is 17.4 Å². The third kappa shape index (κ3) is 3.20. The Labute approximate surface area is 132 Å². The van der Waals surface area contributed by atoms with Crippen LogP contribution in [0, 0.1) is 12.8 Å². The van der Waals surface area contributed by atoms with E-state index in [0.717, 1.165) is 12.0 Å². The standard InChI is InChI=1S/C17H17NO3S/c1-10-2-7-15(22-10)13-8-14(13)16(19)18-9-11-3-5-12(6-4-11)17(20)21/h2-7,13-14H,8-9H2,1H3,(H,18,19)(H,20,21). The highest BCUT2D eigenvalue weighted by Crippen LogP contribution is 2.49. The minimum absolute atomic E-state index is 0.0799. The molecule has 5 heteroatoms.